The van der Waals surface area contributed by atoms with E-state index in [0.29, 0.717) is 0 Å². The van der Waals surface area contributed by atoms with Gasteiger partial charge in [-0.3, -0.25) is 0 Å². The summed E-state index contributed by atoms with van der Waals surface area (Å²) in [5.41, 5.74) is 0. The second-order valence-corrected chi connectivity index (χ2v) is 13.1. The van der Waals surface area contributed by atoms with Gasteiger partial charge >= 0.3 is 38.3 Å². The van der Waals surface area contributed by atoms with E-state index in [1.54, 1.807) is 17.3 Å². The molecule has 0 aromatic heterocycles. The molecule has 0 amide bonds. The summed E-state index contributed by atoms with van der Waals surface area (Å²) in [4.78, 5) is 0. The van der Waals surface area contributed by atoms with Crippen LogP contribution in [-0.4, -0.2) is 0 Å². The van der Waals surface area contributed by atoms with Gasteiger partial charge in [-0.1, -0.05) is 182 Å². The summed E-state index contributed by atoms with van der Waals surface area (Å²) in [5, 5.41) is 8.39. The molecule has 0 aliphatic heterocycles. The van der Waals surface area contributed by atoms with Crippen LogP contribution in [0.2, 0.25) is 0 Å². The zero-order chi connectivity index (χ0) is 29.8. The van der Waals surface area contributed by atoms with Crippen LogP contribution in [0, 0.1) is 6.65 Å². The van der Waals surface area contributed by atoms with E-state index in [1.807, 2.05) is 0 Å². The quantitative estimate of drug-likeness (QED) is 0.0759. The van der Waals surface area contributed by atoms with E-state index in [-0.39, 0.29) is 0 Å². The van der Waals surface area contributed by atoms with Gasteiger partial charge in [0.15, 0.2) is 0 Å². The first-order chi connectivity index (χ1) is 20.9. The normalized spacial score (nSPS) is 9.79. The third-order valence-corrected chi connectivity index (χ3v) is 11.0. The number of hydrogen-bond acceptors (Lipinski definition) is 0. The van der Waals surface area contributed by atoms with Crippen molar-refractivity contribution in [2.45, 2.75) is 0 Å². The van der Waals surface area contributed by atoms with Crippen LogP contribution in [0.15, 0.2) is 182 Å². The molecule has 0 saturated heterocycles. The summed E-state index contributed by atoms with van der Waals surface area (Å²) in [6.45, 7) is 4.50. The van der Waals surface area contributed by atoms with Crippen molar-refractivity contribution < 1.29 is 22.0 Å². The largest absolute Gasteiger partial charge is 0.0622 e. The Morgan fingerprint density at radius 1 is 0.310 bits per heavy atom. The molecule has 0 N–H and O–H groups in total. The average Bonchev–Trinajstić information content (AvgIpc) is 3.10. The number of halogens is 1. The summed E-state index contributed by atoms with van der Waals surface area (Å²) in [6, 6.07) is 64.7. The molecular formula is C37H31ClOP2Ru. The molecule has 0 saturated carbocycles. The van der Waals surface area contributed by atoms with Crippen LogP contribution >= 0.6 is 25.5 Å². The maximum Gasteiger partial charge on any atom is -0.0134 e. The molecule has 0 heterocycles. The fraction of sp³-hybridized carbons (Fsp3) is 0. The minimum atomic E-state index is -0.446. The molecule has 6 aromatic rings. The molecule has 210 valence electrons. The van der Waals surface area contributed by atoms with E-state index < -0.39 is 15.8 Å². The predicted molar refractivity (Wildman–Crippen MR) is 181 cm³/mol. The Labute approximate surface area is 266 Å². The van der Waals surface area contributed by atoms with Crippen molar-refractivity contribution in [3.63, 3.8) is 0 Å². The molecule has 1 nitrogen and oxygen atoms in total. The molecule has 0 unspecified atom stereocenters. The van der Waals surface area contributed by atoms with Crippen molar-refractivity contribution in [1.29, 1.82) is 0 Å². The van der Waals surface area contributed by atoms with Crippen molar-refractivity contribution in [1.82, 2.24) is 0 Å². The van der Waals surface area contributed by atoms with Gasteiger partial charge in [-0.05, 0) is 47.7 Å². The van der Waals surface area contributed by atoms with Gasteiger partial charge in [0.1, 0.15) is 0 Å². The van der Waals surface area contributed by atoms with Gasteiger partial charge in [0.05, 0.1) is 0 Å². The zero-order valence-electron chi connectivity index (χ0n) is 22.9. The van der Waals surface area contributed by atoms with Crippen LogP contribution in [0.4, 0.5) is 0 Å². The summed E-state index contributed by atoms with van der Waals surface area (Å²) in [6.07, 6.45) is 0. The smallest absolute Gasteiger partial charge is 0.0134 e. The number of hydrogen-bond donors (Lipinski definition) is 0. The van der Waals surface area contributed by atoms with Crippen LogP contribution in [0.5, 0.6) is 0 Å². The van der Waals surface area contributed by atoms with E-state index in [1.165, 1.54) is 31.8 Å². The molecule has 0 aliphatic rings. The Kier molecular flexibility index (Phi) is 15.8. The zero-order valence-corrected chi connectivity index (χ0v) is 27.3. The van der Waals surface area contributed by atoms with Crippen molar-refractivity contribution in [2.24, 2.45) is 0 Å². The van der Waals surface area contributed by atoms with Gasteiger partial charge < -0.3 is 0 Å². The van der Waals surface area contributed by atoms with Gasteiger partial charge in [0.25, 0.3) is 0 Å². The topological polar surface area (TPSA) is 19.9 Å². The summed E-state index contributed by atoms with van der Waals surface area (Å²) < 4.78 is 7.50. The van der Waals surface area contributed by atoms with Crippen molar-refractivity contribution in [3.8, 4) is 0 Å². The summed E-state index contributed by atoms with van der Waals surface area (Å²) in [7, 11) is 3.72. The molecule has 42 heavy (non-hydrogen) atoms. The van der Waals surface area contributed by atoms with Gasteiger partial charge in [0, 0.05) is 0 Å². The summed E-state index contributed by atoms with van der Waals surface area (Å²) >= 11 is 1.62. The fourth-order valence-electron chi connectivity index (χ4n) is 4.36. The molecule has 0 fully saturated rings. The molecular weight excluding hydrogens is 659 g/mol. The average molecular weight is 690 g/mol. The molecule has 5 heteroatoms. The SMILES string of the molecule is [C-]#[O+].[Cl][RuH].c1ccc(P(c2ccccc2)c2ccccc2)cc1.c1ccc(P(c2ccccc2)c2ccccc2)cc1. The predicted octanol–water partition coefficient (Wildman–Crippen LogP) is 7.27. The molecule has 6 rings (SSSR count). The van der Waals surface area contributed by atoms with E-state index >= 15 is 0 Å². The maximum absolute atomic E-state index is 7.50. The summed E-state index contributed by atoms with van der Waals surface area (Å²) in [5.74, 6) is 0. The van der Waals surface area contributed by atoms with E-state index in [0.717, 1.165) is 0 Å². The first kappa shape index (κ1) is 33.3. The minimum Gasteiger partial charge on any atom is -0.0622 e. The molecule has 0 aliphatic carbocycles. The minimum absolute atomic E-state index is 0.446. The number of rotatable bonds is 6. The van der Waals surface area contributed by atoms with E-state index in [4.69, 9.17) is 4.65 Å². The Morgan fingerprint density at radius 3 is 0.548 bits per heavy atom. The van der Waals surface area contributed by atoms with Crippen LogP contribution < -0.4 is 31.8 Å². The van der Waals surface area contributed by atoms with Gasteiger partial charge in [-0.25, -0.2) is 0 Å². The van der Waals surface area contributed by atoms with Crippen molar-refractivity contribution in [2.75, 3.05) is 0 Å². The Hall–Kier alpha value is -3.17. The Bertz CT molecular complexity index is 1230. The third-order valence-electron chi connectivity index (χ3n) is 6.09. The van der Waals surface area contributed by atoms with E-state index in [9.17, 15) is 0 Å². The van der Waals surface area contributed by atoms with Gasteiger partial charge in [0.2, 0.25) is 0 Å². The van der Waals surface area contributed by atoms with Crippen LogP contribution in [0.25, 0.3) is 0 Å². The monoisotopic (exact) mass is 690 g/mol. The van der Waals surface area contributed by atoms with E-state index in [2.05, 4.69) is 198 Å². The van der Waals surface area contributed by atoms with Gasteiger partial charge in [-0.15, -0.1) is 0 Å². The Balaban J connectivity index is 0.000000206. The second-order valence-electron chi connectivity index (χ2n) is 8.68. The molecule has 0 spiro atoms. The Morgan fingerprint density at radius 2 is 0.429 bits per heavy atom. The standard InChI is InChI=1S/2C18H15P.CO.ClH.Ru.H/c2*1-4-10-16(11-5-1)19(17-12-6-2-7-13-17)18-14-8-3-9-15-18;1-2;;;/h2*1-15H;;1H;;/q;;;;+1;/p-1. The van der Waals surface area contributed by atoms with Crippen LogP contribution in [0.1, 0.15) is 0 Å². The van der Waals surface area contributed by atoms with Crippen LogP contribution in [0.3, 0.4) is 0 Å². The van der Waals surface area contributed by atoms with Crippen LogP contribution in [-0.2, 0) is 22.0 Å². The molecule has 0 radical (unpaired) electrons. The third kappa shape index (κ3) is 9.98. The molecule has 0 bridgehead atoms. The second kappa shape index (κ2) is 19.9. The van der Waals surface area contributed by atoms with Gasteiger partial charge in [-0.2, -0.15) is 0 Å². The maximum atomic E-state index is 7.50. The molecule has 0 atom stereocenters. The fourth-order valence-corrected chi connectivity index (χ4v) is 8.97. The first-order valence-electron chi connectivity index (χ1n) is 13.2. The molecule has 6 aromatic carbocycles. The first-order valence-corrected chi connectivity index (χ1v) is 18.2. The number of benzene rings is 6. The van der Waals surface area contributed by atoms with Crippen molar-refractivity contribution in [3.05, 3.63) is 189 Å². The van der Waals surface area contributed by atoms with Crippen molar-refractivity contribution >= 4 is 57.4 Å².